The third-order valence-electron chi connectivity index (χ3n) is 4.27. The van der Waals surface area contributed by atoms with Crippen LogP contribution < -0.4 is 5.32 Å². The lowest BCUT2D eigenvalue weighted by Gasteiger charge is -2.39. The second-order valence-electron chi connectivity index (χ2n) is 6.09. The zero-order chi connectivity index (χ0) is 15.5. The summed E-state index contributed by atoms with van der Waals surface area (Å²) in [6.45, 7) is 3.74. The number of nitrogens with zero attached hydrogens (tertiary/aromatic N) is 1. The van der Waals surface area contributed by atoms with Crippen molar-refractivity contribution < 1.29 is 14.7 Å². The summed E-state index contributed by atoms with van der Waals surface area (Å²) in [6, 6.07) is 3.74. The molecule has 1 saturated carbocycles. The van der Waals surface area contributed by atoms with E-state index in [9.17, 15) is 14.7 Å². The fourth-order valence-electron chi connectivity index (χ4n) is 3.03. The number of carbonyl (C=O) groups is 2. The Morgan fingerprint density at radius 1 is 1.43 bits per heavy atom. The summed E-state index contributed by atoms with van der Waals surface area (Å²) in [4.78, 5) is 27.8. The molecule has 1 aromatic heterocycles. The molecule has 1 heterocycles. The summed E-state index contributed by atoms with van der Waals surface area (Å²) in [5.41, 5.74) is 1.09. The average molecular weight is 290 g/mol. The van der Waals surface area contributed by atoms with Gasteiger partial charge in [0, 0.05) is 11.9 Å². The first-order chi connectivity index (χ1) is 9.90. The minimum atomic E-state index is -0.825. The van der Waals surface area contributed by atoms with Crippen molar-refractivity contribution in [2.75, 3.05) is 0 Å². The van der Waals surface area contributed by atoms with Crippen LogP contribution in [0, 0.1) is 12.8 Å². The molecule has 0 bridgehead atoms. The van der Waals surface area contributed by atoms with Gasteiger partial charge in [-0.2, -0.15) is 0 Å². The zero-order valence-corrected chi connectivity index (χ0v) is 12.6. The van der Waals surface area contributed by atoms with Crippen LogP contribution in [0.25, 0.3) is 0 Å². The number of carbonyl (C=O) groups excluding carboxylic acids is 1. The predicted octanol–water partition coefficient (Wildman–Crippen LogP) is 2.08. The van der Waals surface area contributed by atoms with Crippen molar-refractivity contribution in [3.8, 4) is 0 Å². The van der Waals surface area contributed by atoms with Gasteiger partial charge in [0.15, 0.2) is 0 Å². The Kier molecular flexibility index (Phi) is 4.60. The minimum Gasteiger partial charge on any atom is -0.481 e. The topological polar surface area (TPSA) is 79.3 Å². The molecule has 1 aromatic rings. The number of aromatic nitrogens is 1. The Bertz CT molecular complexity index is 527. The molecule has 21 heavy (non-hydrogen) atoms. The molecule has 0 radical (unpaired) electrons. The first kappa shape index (κ1) is 15.5. The standard InChI is InChI=1S/C16H22N2O3/c1-11-6-7-12(10-17-11)9-14(19)18-16(2)8-4-3-5-13(16)15(20)21/h6-7,10,13H,3-5,8-9H2,1-2H3,(H,18,19)(H,20,21). The highest BCUT2D eigenvalue weighted by Crippen LogP contribution is 2.33. The maximum absolute atomic E-state index is 12.2. The Balaban J connectivity index is 2.02. The molecule has 2 N–H and O–H groups in total. The number of nitrogens with one attached hydrogen (secondary N) is 1. The summed E-state index contributed by atoms with van der Waals surface area (Å²) < 4.78 is 0. The smallest absolute Gasteiger partial charge is 0.308 e. The third-order valence-corrected chi connectivity index (χ3v) is 4.27. The highest BCUT2D eigenvalue weighted by molar-refractivity contribution is 5.81. The Morgan fingerprint density at radius 2 is 2.19 bits per heavy atom. The summed E-state index contributed by atoms with van der Waals surface area (Å²) in [5.74, 6) is -1.47. The number of rotatable bonds is 4. The highest BCUT2D eigenvalue weighted by Gasteiger charge is 2.42. The van der Waals surface area contributed by atoms with Gasteiger partial charge in [-0.15, -0.1) is 0 Å². The van der Waals surface area contributed by atoms with Crippen LogP contribution in [0.5, 0.6) is 0 Å². The van der Waals surface area contributed by atoms with Crippen LogP contribution in [0.2, 0.25) is 0 Å². The summed E-state index contributed by atoms with van der Waals surface area (Å²) in [7, 11) is 0. The molecule has 2 rings (SSSR count). The van der Waals surface area contributed by atoms with Crippen LogP contribution in [-0.2, 0) is 16.0 Å². The molecule has 0 aromatic carbocycles. The number of hydrogen-bond donors (Lipinski definition) is 2. The number of carboxylic acids is 1. The van der Waals surface area contributed by atoms with Gasteiger partial charge < -0.3 is 10.4 Å². The molecule has 114 valence electrons. The Morgan fingerprint density at radius 3 is 2.81 bits per heavy atom. The van der Waals surface area contributed by atoms with E-state index in [0.29, 0.717) is 12.8 Å². The van der Waals surface area contributed by atoms with E-state index >= 15 is 0 Å². The van der Waals surface area contributed by atoms with Gasteiger partial charge in [-0.3, -0.25) is 14.6 Å². The second kappa shape index (κ2) is 6.24. The molecule has 1 aliphatic rings. The zero-order valence-electron chi connectivity index (χ0n) is 12.6. The van der Waals surface area contributed by atoms with Crippen LogP contribution in [0.3, 0.4) is 0 Å². The SMILES string of the molecule is Cc1ccc(CC(=O)NC2(C)CCCCC2C(=O)O)cn1. The summed E-state index contributed by atoms with van der Waals surface area (Å²) in [5, 5.41) is 12.3. The number of amides is 1. The normalized spacial score (nSPS) is 25.3. The van der Waals surface area contributed by atoms with Gasteiger partial charge in [-0.25, -0.2) is 0 Å². The fraction of sp³-hybridized carbons (Fsp3) is 0.562. The lowest BCUT2D eigenvalue weighted by Crippen LogP contribution is -2.55. The quantitative estimate of drug-likeness (QED) is 0.890. The maximum Gasteiger partial charge on any atom is 0.308 e. The highest BCUT2D eigenvalue weighted by atomic mass is 16.4. The van der Waals surface area contributed by atoms with Crippen molar-refractivity contribution in [2.45, 2.75) is 51.5 Å². The van der Waals surface area contributed by atoms with Crippen molar-refractivity contribution >= 4 is 11.9 Å². The van der Waals surface area contributed by atoms with Crippen molar-refractivity contribution in [2.24, 2.45) is 5.92 Å². The van der Waals surface area contributed by atoms with Crippen LogP contribution in [0.1, 0.15) is 43.9 Å². The van der Waals surface area contributed by atoms with Crippen molar-refractivity contribution in [1.82, 2.24) is 10.3 Å². The minimum absolute atomic E-state index is 0.142. The number of carboxylic acid groups (broad SMARTS) is 1. The lowest BCUT2D eigenvalue weighted by molar-refractivity contribution is -0.146. The number of pyridine rings is 1. The van der Waals surface area contributed by atoms with E-state index in [-0.39, 0.29) is 12.3 Å². The van der Waals surface area contributed by atoms with E-state index in [4.69, 9.17) is 0 Å². The predicted molar refractivity (Wildman–Crippen MR) is 78.8 cm³/mol. The van der Waals surface area contributed by atoms with Gasteiger partial charge in [0.05, 0.1) is 17.9 Å². The molecule has 2 atom stereocenters. The fourth-order valence-corrected chi connectivity index (χ4v) is 3.03. The van der Waals surface area contributed by atoms with E-state index < -0.39 is 17.4 Å². The van der Waals surface area contributed by atoms with Gasteiger partial charge in [0.2, 0.25) is 5.91 Å². The number of hydrogen-bond acceptors (Lipinski definition) is 3. The molecular weight excluding hydrogens is 268 g/mol. The van der Waals surface area contributed by atoms with Crippen LogP contribution >= 0.6 is 0 Å². The second-order valence-corrected chi connectivity index (χ2v) is 6.09. The van der Waals surface area contributed by atoms with Crippen LogP contribution in [-0.4, -0.2) is 27.5 Å². The van der Waals surface area contributed by atoms with E-state index in [1.807, 2.05) is 26.0 Å². The molecule has 0 spiro atoms. The van der Waals surface area contributed by atoms with Crippen molar-refractivity contribution in [1.29, 1.82) is 0 Å². The third kappa shape index (κ3) is 3.80. The van der Waals surface area contributed by atoms with Crippen molar-refractivity contribution in [3.63, 3.8) is 0 Å². The Labute approximate surface area is 124 Å². The Hall–Kier alpha value is -1.91. The van der Waals surface area contributed by atoms with E-state index in [1.54, 1.807) is 6.20 Å². The first-order valence-electron chi connectivity index (χ1n) is 7.36. The van der Waals surface area contributed by atoms with E-state index in [0.717, 1.165) is 24.1 Å². The largest absolute Gasteiger partial charge is 0.481 e. The van der Waals surface area contributed by atoms with Gasteiger partial charge in [0.1, 0.15) is 0 Å². The van der Waals surface area contributed by atoms with E-state index in [1.165, 1.54) is 0 Å². The molecular formula is C16H22N2O3. The molecule has 1 amide bonds. The lowest BCUT2D eigenvalue weighted by atomic mass is 9.74. The maximum atomic E-state index is 12.2. The van der Waals surface area contributed by atoms with Gasteiger partial charge in [0.25, 0.3) is 0 Å². The van der Waals surface area contributed by atoms with Crippen LogP contribution in [0.4, 0.5) is 0 Å². The summed E-state index contributed by atoms with van der Waals surface area (Å²) >= 11 is 0. The van der Waals surface area contributed by atoms with E-state index in [2.05, 4.69) is 10.3 Å². The van der Waals surface area contributed by atoms with Gasteiger partial charge >= 0.3 is 5.97 Å². The molecule has 1 fully saturated rings. The molecule has 5 nitrogen and oxygen atoms in total. The van der Waals surface area contributed by atoms with Crippen LogP contribution in [0.15, 0.2) is 18.3 Å². The molecule has 1 aliphatic carbocycles. The molecule has 0 aliphatic heterocycles. The van der Waals surface area contributed by atoms with Gasteiger partial charge in [-0.1, -0.05) is 18.9 Å². The molecule has 0 saturated heterocycles. The first-order valence-corrected chi connectivity index (χ1v) is 7.36. The number of aryl methyl sites for hydroxylation is 1. The van der Waals surface area contributed by atoms with Gasteiger partial charge in [-0.05, 0) is 38.3 Å². The molecule has 5 heteroatoms. The monoisotopic (exact) mass is 290 g/mol. The van der Waals surface area contributed by atoms with Crippen molar-refractivity contribution in [3.05, 3.63) is 29.6 Å². The molecule has 2 unspecified atom stereocenters. The average Bonchev–Trinajstić information content (AvgIpc) is 2.41. The summed E-state index contributed by atoms with van der Waals surface area (Å²) in [6.07, 6.45) is 5.11. The number of aliphatic carboxylic acids is 1.